The zero-order valence-electron chi connectivity index (χ0n) is 15.4. The highest BCUT2D eigenvalue weighted by Crippen LogP contribution is 2.28. The lowest BCUT2D eigenvalue weighted by atomic mass is 10.1. The highest BCUT2D eigenvalue weighted by Gasteiger charge is 2.12. The van der Waals surface area contributed by atoms with Gasteiger partial charge in [-0.25, -0.2) is 9.78 Å². The van der Waals surface area contributed by atoms with Crippen molar-refractivity contribution in [3.05, 3.63) is 79.1 Å². The van der Waals surface area contributed by atoms with E-state index >= 15 is 0 Å². The number of fused-ring (bicyclic) bond motifs is 1. The minimum Gasteiger partial charge on any atom is -0.492 e. The number of aromatic nitrogens is 2. The van der Waals surface area contributed by atoms with E-state index in [4.69, 9.17) is 4.74 Å². The number of rotatable bonds is 5. The molecule has 140 valence electrons. The molecule has 0 bridgehead atoms. The van der Waals surface area contributed by atoms with Crippen molar-refractivity contribution in [3.8, 4) is 17.0 Å². The number of carbonyl (C=O) groups is 1. The van der Waals surface area contributed by atoms with Gasteiger partial charge in [-0.15, -0.1) is 0 Å². The average molecular weight is 372 g/mol. The summed E-state index contributed by atoms with van der Waals surface area (Å²) in [5.41, 5.74) is 3.78. The Kier molecular flexibility index (Phi) is 4.93. The Bertz CT molecular complexity index is 1090. The van der Waals surface area contributed by atoms with Crippen molar-refractivity contribution in [3.63, 3.8) is 0 Å². The minimum absolute atomic E-state index is 0.344. The Morgan fingerprint density at radius 1 is 0.964 bits per heavy atom. The number of para-hydroxylation sites is 3. The monoisotopic (exact) mass is 372 g/mol. The zero-order chi connectivity index (χ0) is 19.3. The van der Waals surface area contributed by atoms with Gasteiger partial charge >= 0.3 is 6.03 Å². The summed E-state index contributed by atoms with van der Waals surface area (Å²) in [4.78, 5) is 17.2. The number of urea groups is 1. The lowest BCUT2D eigenvalue weighted by Gasteiger charge is -2.13. The van der Waals surface area contributed by atoms with Gasteiger partial charge in [-0.3, -0.25) is 0 Å². The van der Waals surface area contributed by atoms with E-state index in [0.29, 0.717) is 23.7 Å². The van der Waals surface area contributed by atoms with E-state index in [1.165, 1.54) is 0 Å². The van der Waals surface area contributed by atoms with Crippen molar-refractivity contribution in [2.75, 3.05) is 17.2 Å². The first-order valence-electron chi connectivity index (χ1n) is 9.07. The Morgan fingerprint density at radius 3 is 2.50 bits per heavy atom. The maximum Gasteiger partial charge on any atom is 0.323 e. The Hall–Kier alpha value is -3.80. The highest BCUT2D eigenvalue weighted by atomic mass is 16.5. The van der Waals surface area contributed by atoms with E-state index in [1.54, 1.807) is 6.07 Å². The van der Waals surface area contributed by atoms with Gasteiger partial charge in [0.1, 0.15) is 11.4 Å². The first-order chi connectivity index (χ1) is 13.7. The van der Waals surface area contributed by atoms with Gasteiger partial charge in [0, 0.05) is 18.0 Å². The fourth-order valence-electron chi connectivity index (χ4n) is 3.01. The van der Waals surface area contributed by atoms with Crippen LogP contribution in [0, 0.1) is 0 Å². The molecule has 2 aromatic heterocycles. The molecule has 0 fully saturated rings. The molecule has 6 heteroatoms. The summed E-state index contributed by atoms with van der Waals surface area (Å²) in [5.74, 6) is 0.633. The number of pyridine rings is 1. The summed E-state index contributed by atoms with van der Waals surface area (Å²) in [7, 11) is 0. The van der Waals surface area contributed by atoms with Crippen LogP contribution in [0.2, 0.25) is 0 Å². The number of hydrogen-bond acceptors (Lipinski definition) is 3. The third kappa shape index (κ3) is 3.66. The third-order valence-electron chi connectivity index (χ3n) is 4.25. The molecule has 0 aliphatic rings. The lowest BCUT2D eigenvalue weighted by Crippen LogP contribution is -2.20. The molecule has 28 heavy (non-hydrogen) atoms. The molecule has 0 aliphatic heterocycles. The third-order valence-corrected chi connectivity index (χ3v) is 4.25. The zero-order valence-corrected chi connectivity index (χ0v) is 15.4. The first kappa shape index (κ1) is 17.6. The van der Waals surface area contributed by atoms with Crippen molar-refractivity contribution >= 4 is 23.1 Å². The van der Waals surface area contributed by atoms with Crippen LogP contribution in [0.1, 0.15) is 6.92 Å². The highest BCUT2D eigenvalue weighted by molar-refractivity contribution is 6.02. The standard InChI is InChI=1S/C22H20N4O2/c1-2-28-20-12-6-5-11-18(20)25-22(27)24-17-10-4-3-9-16(17)19-15-26-14-8-7-13-21(26)23-19/h3-15H,2H2,1H3,(H2,24,25,27). The van der Waals surface area contributed by atoms with Crippen molar-refractivity contribution in [2.45, 2.75) is 6.92 Å². The number of amides is 2. The van der Waals surface area contributed by atoms with Gasteiger partial charge in [-0.1, -0.05) is 36.4 Å². The van der Waals surface area contributed by atoms with E-state index in [0.717, 1.165) is 16.9 Å². The Morgan fingerprint density at radius 2 is 1.68 bits per heavy atom. The number of hydrogen-bond donors (Lipinski definition) is 2. The molecule has 0 saturated heterocycles. The predicted molar refractivity (Wildman–Crippen MR) is 111 cm³/mol. The quantitative estimate of drug-likeness (QED) is 0.515. The molecule has 0 aliphatic carbocycles. The van der Waals surface area contributed by atoms with Crippen LogP contribution in [0.3, 0.4) is 0 Å². The van der Waals surface area contributed by atoms with E-state index in [1.807, 2.05) is 84.4 Å². The Labute approximate surface area is 162 Å². The molecule has 0 unspecified atom stereocenters. The molecule has 0 spiro atoms. The second-order valence-corrected chi connectivity index (χ2v) is 6.15. The summed E-state index contributed by atoms with van der Waals surface area (Å²) in [6, 6.07) is 20.4. The van der Waals surface area contributed by atoms with Gasteiger partial charge in [0.15, 0.2) is 0 Å². The van der Waals surface area contributed by atoms with Crippen LogP contribution < -0.4 is 15.4 Å². The van der Waals surface area contributed by atoms with Crippen LogP contribution in [0.15, 0.2) is 79.1 Å². The lowest BCUT2D eigenvalue weighted by molar-refractivity contribution is 0.262. The molecular formula is C22H20N4O2. The normalized spacial score (nSPS) is 10.6. The van der Waals surface area contributed by atoms with Crippen LogP contribution in [0.25, 0.3) is 16.9 Å². The maximum absolute atomic E-state index is 12.6. The predicted octanol–water partition coefficient (Wildman–Crippen LogP) is 5.04. The van der Waals surface area contributed by atoms with Crippen molar-refractivity contribution < 1.29 is 9.53 Å². The number of carbonyl (C=O) groups excluding carboxylic acids is 1. The Balaban J connectivity index is 1.58. The average Bonchev–Trinajstić information content (AvgIpc) is 3.14. The van der Waals surface area contributed by atoms with E-state index in [2.05, 4.69) is 15.6 Å². The molecule has 4 aromatic rings. The molecule has 2 amide bonds. The van der Waals surface area contributed by atoms with Gasteiger partial charge < -0.3 is 19.8 Å². The molecule has 4 rings (SSSR count). The number of nitrogens with zero attached hydrogens (tertiary/aromatic N) is 2. The fraction of sp³-hybridized carbons (Fsp3) is 0.0909. The van der Waals surface area contributed by atoms with Gasteiger partial charge in [-0.05, 0) is 37.3 Å². The molecule has 0 atom stereocenters. The summed E-state index contributed by atoms with van der Waals surface area (Å²) in [5, 5.41) is 5.76. The van der Waals surface area contributed by atoms with Crippen LogP contribution in [-0.2, 0) is 0 Å². The first-order valence-corrected chi connectivity index (χ1v) is 9.07. The van der Waals surface area contributed by atoms with Crippen LogP contribution in [-0.4, -0.2) is 22.0 Å². The van der Waals surface area contributed by atoms with Gasteiger partial charge in [0.25, 0.3) is 0 Å². The number of benzene rings is 2. The van der Waals surface area contributed by atoms with Crippen molar-refractivity contribution in [1.82, 2.24) is 9.38 Å². The molecule has 6 nitrogen and oxygen atoms in total. The van der Waals surface area contributed by atoms with Crippen LogP contribution in [0.5, 0.6) is 5.75 Å². The van der Waals surface area contributed by atoms with Gasteiger partial charge in [0.2, 0.25) is 0 Å². The molecule has 0 radical (unpaired) electrons. The number of ether oxygens (including phenoxy) is 1. The van der Waals surface area contributed by atoms with Crippen molar-refractivity contribution in [1.29, 1.82) is 0 Å². The fourth-order valence-corrected chi connectivity index (χ4v) is 3.01. The summed E-state index contributed by atoms with van der Waals surface area (Å²) in [6.45, 7) is 2.43. The summed E-state index contributed by atoms with van der Waals surface area (Å²) < 4.78 is 7.51. The van der Waals surface area contributed by atoms with Crippen LogP contribution in [0.4, 0.5) is 16.2 Å². The summed E-state index contributed by atoms with van der Waals surface area (Å²) in [6.07, 6.45) is 3.89. The van der Waals surface area contributed by atoms with E-state index < -0.39 is 0 Å². The number of anilines is 2. The van der Waals surface area contributed by atoms with Gasteiger partial charge in [0.05, 0.1) is 23.7 Å². The number of imidazole rings is 1. The summed E-state index contributed by atoms with van der Waals surface area (Å²) >= 11 is 0. The topological polar surface area (TPSA) is 67.7 Å². The maximum atomic E-state index is 12.6. The SMILES string of the molecule is CCOc1ccccc1NC(=O)Nc1ccccc1-c1cn2ccccc2n1. The van der Waals surface area contributed by atoms with E-state index in [9.17, 15) is 4.79 Å². The number of nitrogens with one attached hydrogen (secondary N) is 2. The molecule has 0 saturated carbocycles. The van der Waals surface area contributed by atoms with Gasteiger partial charge in [-0.2, -0.15) is 0 Å². The smallest absolute Gasteiger partial charge is 0.323 e. The molecular weight excluding hydrogens is 352 g/mol. The molecule has 2 aromatic carbocycles. The second kappa shape index (κ2) is 7.84. The minimum atomic E-state index is -0.344. The van der Waals surface area contributed by atoms with Crippen LogP contribution >= 0.6 is 0 Å². The second-order valence-electron chi connectivity index (χ2n) is 6.15. The largest absolute Gasteiger partial charge is 0.492 e. The van der Waals surface area contributed by atoms with E-state index in [-0.39, 0.29) is 6.03 Å². The van der Waals surface area contributed by atoms with Crippen molar-refractivity contribution in [2.24, 2.45) is 0 Å². The molecule has 2 N–H and O–H groups in total. The molecule has 2 heterocycles.